The third kappa shape index (κ3) is 1.75. The van der Waals surface area contributed by atoms with Gasteiger partial charge in [-0.15, -0.1) is 0 Å². The van der Waals surface area contributed by atoms with Gasteiger partial charge in [0.05, 0.1) is 12.1 Å². The quantitative estimate of drug-likeness (QED) is 0.460. The molecular weight excluding hydrogens is 238 g/mol. The lowest BCUT2D eigenvalue weighted by atomic mass is 9.72. The van der Waals surface area contributed by atoms with Gasteiger partial charge in [-0.3, -0.25) is 9.59 Å². The van der Waals surface area contributed by atoms with Crippen LogP contribution in [0.25, 0.3) is 0 Å². The second-order valence-electron chi connectivity index (χ2n) is 4.98. The molecule has 1 aliphatic carbocycles. The van der Waals surface area contributed by atoms with Gasteiger partial charge in [0.2, 0.25) is 5.91 Å². The Hall–Kier alpha value is -1.60. The summed E-state index contributed by atoms with van der Waals surface area (Å²) in [6, 6.07) is 0.0307. The lowest BCUT2D eigenvalue weighted by Gasteiger charge is -2.44. The van der Waals surface area contributed by atoms with Crippen molar-refractivity contribution >= 4 is 11.9 Å². The molecule has 2 aliphatic heterocycles. The molecule has 2 fully saturated rings. The lowest BCUT2D eigenvalue weighted by molar-refractivity contribution is -0.150. The monoisotopic (exact) mass is 253 g/mol. The van der Waals surface area contributed by atoms with Gasteiger partial charge in [-0.2, -0.15) is 0 Å². The summed E-state index contributed by atoms with van der Waals surface area (Å²) in [6.45, 7) is 0. The van der Waals surface area contributed by atoms with Crippen molar-refractivity contribution in [3.05, 3.63) is 11.8 Å². The molecule has 4 atom stereocenters. The maximum atomic E-state index is 11.8. The number of nitrogens with one attached hydrogen (secondary N) is 3. The van der Waals surface area contributed by atoms with E-state index in [1.165, 1.54) is 0 Å². The average molecular weight is 253 g/mol. The van der Waals surface area contributed by atoms with Crippen LogP contribution in [-0.4, -0.2) is 29.1 Å². The number of fused-ring (bicyclic) bond motifs is 3. The van der Waals surface area contributed by atoms with Gasteiger partial charge in [0.25, 0.3) is 0 Å². The fraction of sp³-hybridized carbons (Fsp3) is 0.636. The van der Waals surface area contributed by atoms with Crippen LogP contribution >= 0.6 is 0 Å². The average Bonchev–Trinajstić information content (AvgIpc) is 2.37. The Morgan fingerprint density at radius 2 is 2.28 bits per heavy atom. The maximum Gasteiger partial charge on any atom is 0.316 e. The lowest BCUT2D eigenvalue weighted by Crippen LogP contribution is -2.59. The highest BCUT2D eigenvalue weighted by atomic mass is 16.7. The van der Waals surface area contributed by atoms with Crippen molar-refractivity contribution in [1.29, 1.82) is 0 Å². The van der Waals surface area contributed by atoms with Gasteiger partial charge < -0.3 is 15.3 Å². The highest BCUT2D eigenvalue weighted by molar-refractivity contribution is 5.97. The molecule has 2 heterocycles. The molecule has 0 aromatic rings. The van der Waals surface area contributed by atoms with E-state index in [0.717, 1.165) is 18.4 Å². The zero-order valence-electron chi connectivity index (χ0n) is 9.68. The standard InChI is InChI=1S/C11H15N3O4/c15-10-6(11(16)17)3-5-1-2-8-7(9(5)12-10)4-18-14-13-8/h4-6,8-9,13-14H,1-3H2,(H,12,15)(H,16,17). The summed E-state index contributed by atoms with van der Waals surface area (Å²) in [7, 11) is 0. The number of carbonyl (C=O) groups excluding carboxylic acids is 1. The molecule has 4 unspecified atom stereocenters. The second-order valence-corrected chi connectivity index (χ2v) is 4.98. The topological polar surface area (TPSA) is 99.7 Å². The van der Waals surface area contributed by atoms with E-state index in [4.69, 9.17) is 9.94 Å². The molecule has 7 heteroatoms. The van der Waals surface area contributed by atoms with E-state index in [9.17, 15) is 9.59 Å². The number of rotatable bonds is 1. The van der Waals surface area contributed by atoms with Gasteiger partial charge in [-0.1, -0.05) is 5.59 Å². The van der Waals surface area contributed by atoms with Crippen molar-refractivity contribution < 1.29 is 19.5 Å². The molecule has 0 bridgehead atoms. The van der Waals surface area contributed by atoms with Crippen molar-refractivity contribution in [3.8, 4) is 0 Å². The summed E-state index contributed by atoms with van der Waals surface area (Å²) in [5.74, 6) is -2.18. The number of carboxylic acids is 1. The van der Waals surface area contributed by atoms with Gasteiger partial charge in [0.15, 0.2) is 0 Å². The number of aliphatic carboxylic acids is 1. The molecule has 1 amide bonds. The first-order chi connectivity index (χ1) is 8.66. The van der Waals surface area contributed by atoms with Crippen molar-refractivity contribution in [3.63, 3.8) is 0 Å². The molecule has 4 N–H and O–H groups in total. The molecular formula is C11H15N3O4. The van der Waals surface area contributed by atoms with Crippen molar-refractivity contribution in [2.75, 3.05) is 0 Å². The molecule has 0 spiro atoms. The minimum absolute atomic E-state index is 0.110. The van der Waals surface area contributed by atoms with E-state index in [1.807, 2.05) is 0 Å². The van der Waals surface area contributed by atoms with Crippen LogP contribution in [0.4, 0.5) is 0 Å². The molecule has 3 rings (SSSR count). The number of carboxylic acid groups (broad SMARTS) is 1. The summed E-state index contributed by atoms with van der Waals surface area (Å²) < 4.78 is 0. The van der Waals surface area contributed by atoms with Crippen LogP contribution in [-0.2, 0) is 14.4 Å². The highest BCUT2D eigenvalue weighted by Gasteiger charge is 2.45. The number of carbonyl (C=O) groups is 2. The second kappa shape index (κ2) is 4.25. The smallest absolute Gasteiger partial charge is 0.316 e. The van der Waals surface area contributed by atoms with Crippen molar-refractivity contribution in [2.24, 2.45) is 11.8 Å². The van der Waals surface area contributed by atoms with Crippen LogP contribution < -0.4 is 16.3 Å². The minimum Gasteiger partial charge on any atom is -0.481 e. The van der Waals surface area contributed by atoms with E-state index < -0.39 is 17.8 Å². The molecule has 0 aromatic heterocycles. The van der Waals surface area contributed by atoms with Crippen molar-refractivity contribution in [1.82, 2.24) is 16.3 Å². The van der Waals surface area contributed by atoms with E-state index >= 15 is 0 Å². The van der Waals surface area contributed by atoms with Crippen LogP contribution in [0.1, 0.15) is 19.3 Å². The first kappa shape index (κ1) is 11.5. The molecule has 1 saturated carbocycles. The Balaban J connectivity index is 1.83. The largest absolute Gasteiger partial charge is 0.481 e. The van der Waals surface area contributed by atoms with Crippen LogP contribution in [0.3, 0.4) is 0 Å². The number of amides is 1. The maximum absolute atomic E-state index is 11.8. The van der Waals surface area contributed by atoms with Crippen LogP contribution in [0.5, 0.6) is 0 Å². The Labute approximate surface area is 103 Å². The first-order valence-corrected chi connectivity index (χ1v) is 6.06. The minimum atomic E-state index is -1.04. The van der Waals surface area contributed by atoms with E-state index in [1.54, 1.807) is 6.26 Å². The SMILES string of the molecule is O=C(O)C1CC2CCC3NNOC=C3C2NC1=O. The Kier molecular flexibility index (Phi) is 2.71. The molecule has 0 radical (unpaired) electrons. The predicted molar refractivity (Wildman–Crippen MR) is 59.6 cm³/mol. The Morgan fingerprint density at radius 3 is 3.06 bits per heavy atom. The van der Waals surface area contributed by atoms with E-state index in [0.29, 0.717) is 6.42 Å². The van der Waals surface area contributed by atoms with Crippen LogP contribution in [0, 0.1) is 11.8 Å². The third-order valence-electron chi connectivity index (χ3n) is 4.00. The molecule has 3 aliphatic rings. The predicted octanol–water partition coefficient (Wildman–Crippen LogP) is -0.722. The summed E-state index contributed by atoms with van der Waals surface area (Å²) in [6.07, 6.45) is 3.82. The molecule has 98 valence electrons. The summed E-state index contributed by atoms with van der Waals surface area (Å²) in [5.41, 5.74) is 6.57. The first-order valence-electron chi connectivity index (χ1n) is 6.06. The van der Waals surface area contributed by atoms with Gasteiger partial charge in [0, 0.05) is 5.57 Å². The molecule has 18 heavy (non-hydrogen) atoms. The zero-order chi connectivity index (χ0) is 12.7. The molecule has 1 saturated heterocycles. The van der Waals surface area contributed by atoms with E-state index in [-0.39, 0.29) is 18.0 Å². The van der Waals surface area contributed by atoms with E-state index in [2.05, 4.69) is 16.3 Å². The summed E-state index contributed by atoms with van der Waals surface area (Å²) in [5, 5.41) is 11.8. The van der Waals surface area contributed by atoms with Gasteiger partial charge >= 0.3 is 5.97 Å². The number of hydrogen-bond acceptors (Lipinski definition) is 5. The van der Waals surface area contributed by atoms with Crippen LogP contribution in [0.15, 0.2) is 11.8 Å². The zero-order valence-corrected chi connectivity index (χ0v) is 9.68. The fourth-order valence-electron chi connectivity index (χ4n) is 3.05. The summed E-state index contributed by atoms with van der Waals surface area (Å²) >= 11 is 0. The number of piperidine rings is 1. The van der Waals surface area contributed by atoms with Gasteiger partial charge in [-0.05, 0) is 25.2 Å². The van der Waals surface area contributed by atoms with Crippen LogP contribution in [0.2, 0.25) is 0 Å². The highest BCUT2D eigenvalue weighted by Crippen LogP contribution is 2.37. The third-order valence-corrected chi connectivity index (χ3v) is 4.00. The molecule has 0 aromatic carbocycles. The Bertz CT molecular complexity index is 423. The van der Waals surface area contributed by atoms with Gasteiger partial charge in [0.1, 0.15) is 12.2 Å². The number of hydrogen-bond donors (Lipinski definition) is 4. The fourth-order valence-corrected chi connectivity index (χ4v) is 3.05. The Morgan fingerprint density at radius 1 is 1.44 bits per heavy atom. The van der Waals surface area contributed by atoms with Crippen molar-refractivity contribution in [2.45, 2.75) is 31.3 Å². The summed E-state index contributed by atoms with van der Waals surface area (Å²) in [4.78, 5) is 27.8. The normalized spacial score (nSPS) is 38.7. The molecule has 7 nitrogen and oxygen atoms in total. The van der Waals surface area contributed by atoms with Gasteiger partial charge in [-0.25, -0.2) is 5.43 Å². The number of hydrazine groups is 1.